The van der Waals surface area contributed by atoms with Gasteiger partial charge in [-0.25, -0.2) is 0 Å². The molecule has 0 aromatic carbocycles. The monoisotopic (exact) mass is 298 g/mol. The summed E-state index contributed by atoms with van der Waals surface area (Å²) in [6.07, 6.45) is 14.8. The van der Waals surface area contributed by atoms with Gasteiger partial charge in [0, 0.05) is 19.8 Å². The first-order valence-corrected chi connectivity index (χ1v) is 9.33. The normalized spacial score (nSPS) is 21.6. The molecule has 0 amide bonds. The second kappa shape index (κ2) is 11.5. The van der Waals surface area contributed by atoms with Crippen LogP contribution in [0.4, 0.5) is 0 Å². The number of hydrogen-bond donors (Lipinski definition) is 0. The summed E-state index contributed by atoms with van der Waals surface area (Å²) in [5.41, 5.74) is 0.459. The average molecular weight is 299 g/mol. The topological polar surface area (TPSA) is 18.5 Å². The van der Waals surface area contributed by atoms with Gasteiger partial charge in [-0.1, -0.05) is 65.7 Å². The summed E-state index contributed by atoms with van der Waals surface area (Å²) < 4.78 is 11.6. The summed E-state index contributed by atoms with van der Waals surface area (Å²) in [5, 5.41) is 0. The van der Waals surface area contributed by atoms with Crippen LogP contribution in [-0.4, -0.2) is 25.9 Å². The van der Waals surface area contributed by atoms with E-state index in [1.807, 2.05) is 0 Å². The summed E-state index contributed by atoms with van der Waals surface area (Å²) in [7, 11) is 0. The van der Waals surface area contributed by atoms with Crippen molar-refractivity contribution in [2.75, 3.05) is 19.8 Å². The molecule has 1 atom stereocenters. The third kappa shape index (κ3) is 10.3. The molecule has 1 saturated heterocycles. The largest absolute Gasteiger partial charge is 0.381 e. The van der Waals surface area contributed by atoms with Gasteiger partial charge >= 0.3 is 0 Å². The molecule has 0 aromatic rings. The molecule has 0 aromatic heterocycles. The molecule has 1 fully saturated rings. The van der Waals surface area contributed by atoms with E-state index in [1.54, 1.807) is 0 Å². The predicted octanol–water partition coefficient (Wildman–Crippen LogP) is 5.74. The summed E-state index contributed by atoms with van der Waals surface area (Å²) in [6.45, 7) is 9.71. The van der Waals surface area contributed by atoms with Crippen LogP contribution in [0.5, 0.6) is 0 Å². The highest BCUT2D eigenvalue weighted by molar-refractivity contribution is 4.78. The van der Waals surface area contributed by atoms with Crippen LogP contribution in [0.15, 0.2) is 0 Å². The van der Waals surface area contributed by atoms with Crippen molar-refractivity contribution >= 4 is 0 Å². The van der Waals surface area contributed by atoms with Gasteiger partial charge in [0.25, 0.3) is 0 Å². The third-order valence-corrected chi connectivity index (χ3v) is 4.64. The minimum Gasteiger partial charge on any atom is -0.381 e. The quantitative estimate of drug-likeness (QED) is 0.428. The Morgan fingerprint density at radius 3 is 2.29 bits per heavy atom. The Balaban J connectivity index is 1.82. The van der Waals surface area contributed by atoms with Crippen molar-refractivity contribution in [1.29, 1.82) is 0 Å². The van der Waals surface area contributed by atoms with Gasteiger partial charge in [-0.05, 0) is 31.1 Å². The van der Waals surface area contributed by atoms with E-state index in [4.69, 9.17) is 9.47 Å². The second-order valence-corrected chi connectivity index (χ2v) is 7.49. The van der Waals surface area contributed by atoms with Crippen LogP contribution in [-0.2, 0) is 9.47 Å². The fourth-order valence-corrected chi connectivity index (χ4v) is 3.12. The van der Waals surface area contributed by atoms with Crippen LogP contribution in [0.3, 0.4) is 0 Å². The molecule has 1 unspecified atom stereocenters. The highest BCUT2D eigenvalue weighted by atomic mass is 16.5. The first-order chi connectivity index (χ1) is 10.1. The fourth-order valence-electron chi connectivity index (χ4n) is 3.12. The maximum Gasteiger partial charge on any atom is 0.0602 e. The molecule has 1 aliphatic heterocycles. The lowest BCUT2D eigenvalue weighted by atomic mass is 9.81. The highest BCUT2D eigenvalue weighted by Gasteiger charge is 2.28. The van der Waals surface area contributed by atoms with Crippen LogP contribution >= 0.6 is 0 Å². The van der Waals surface area contributed by atoms with E-state index in [0.29, 0.717) is 11.5 Å². The fraction of sp³-hybridized carbons (Fsp3) is 1.00. The molecule has 21 heavy (non-hydrogen) atoms. The lowest BCUT2D eigenvalue weighted by Gasteiger charge is -2.35. The minimum atomic E-state index is 0.423. The zero-order valence-electron chi connectivity index (χ0n) is 14.8. The van der Waals surface area contributed by atoms with Gasteiger partial charge in [-0.2, -0.15) is 0 Å². The maximum atomic E-state index is 5.83. The van der Waals surface area contributed by atoms with E-state index < -0.39 is 0 Å². The smallest absolute Gasteiger partial charge is 0.0602 e. The zero-order valence-corrected chi connectivity index (χ0v) is 14.8. The van der Waals surface area contributed by atoms with E-state index in [-0.39, 0.29) is 0 Å². The lowest BCUT2D eigenvalue weighted by molar-refractivity contribution is -0.0506. The van der Waals surface area contributed by atoms with Crippen LogP contribution in [0.2, 0.25) is 0 Å². The molecule has 2 nitrogen and oxygen atoms in total. The number of unbranched alkanes of at least 4 members (excludes halogenated alkanes) is 7. The molecule has 0 radical (unpaired) electrons. The van der Waals surface area contributed by atoms with Gasteiger partial charge in [0.05, 0.1) is 6.10 Å². The van der Waals surface area contributed by atoms with Gasteiger partial charge in [0.2, 0.25) is 0 Å². The van der Waals surface area contributed by atoms with Gasteiger partial charge in [0.15, 0.2) is 0 Å². The molecule has 126 valence electrons. The first-order valence-electron chi connectivity index (χ1n) is 9.33. The first kappa shape index (κ1) is 19.0. The van der Waals surface area contributed by atoms with E-state index in [1.165, 1.54) is 64.2 Å². The van der Waals surface area contributed by atoms with Gasteiger partial charge in [-0.15, -0.1) is 0 Å². The molecule has 0 saturated carbocycles. The number of rotatable bonds is 12. The Morgan fingerprint density at radius 2 is 1.62 bits per heavy atom. The SMILES string of the molecule is CCCCCCCCCCOCCC1CC(C)(C)CCO1. The van der Waals surface area contributed by atoms with Crippen molar-refractivity contribution in [3.63, 3.8) is 0 Å². The summed E-state index contributed by atoms with van der Waals surface area (Å²) in [5.74, 6) is 0. The van der Waals surface area contributed by atoms with E-state index in [2.05, 4.69) is 20.8 Å². The molecule has 0 aliphatic carbocycles. The highest BCUT2D eigenvalue weighted by Crippen LogP contribution is 2.33. The Kier molecular flexibility index (Phi) is 10.4. The Bertz CT molecular complexity index is 238. The Morgan fingerprint density at radius 1 is 0.952 bits per heavy atom. The van der Waals surface area contributed by atoms with Crippen molar-refractivity contribution < 1.29 is 9.47 Å². The van der Waals surface area contributed by atoms with Gasteiger partial charge in [0.1, 0.15) is 0 Å². The van der Waals surface area contributed by atoms with Crippen molar-refractivity contribution in [3.05, 3.63) is 0 Å². The molecule has 0 spiro atoms. The third-order valence-electron chi connectivity index (χ3n) is 4.64. The lowest BCUT2D eigenvalue weighted by Crippen LogP contribution is -2.31. The number of hydrogen-bond acceptors (Lipinski definition) is 2. The van der Waals surface area contributed by atoms with Crippen LogP contribution in [0.25, 0.3) is 0 Å². The van der Waals surface area contributed by atoms with Crippen LogP contribution in [0, 0.1) is 5.41 Å². The van der Waals surface area contributed by atoms with Crippen molar-refractivity contribution in [3.8, 4) is 0 Å². The van der Waals surface area contributed by atoms with Crippen LogP contribution < -0.4 is 0 Å². The van der Waals surface area contributed by atoms with Crippen LogP contribution in [0.1, 0.15) is 91.4 Å². The standard InChI is InChI=1S/C19H38O2/c1-4-5-6-7-8-9-10-11-14-20-15-12-18-17-19(2,3)13-16-21-18/h18H,4-17H2,1-3H3. The molecular formula is C19H38O2. The molecule has 2 heteroatoms. The maximum absolute atomic E-state index is 5.83. The molecular weight excluding hydrogens is 260 g/mol. The zero-order chi connectivity index (χ0) is 15.4. The van der Waals surface area contributed by atoms with Crippen molar-refractivity contribution in [1.82, 2.24) is 0 Å². The second-order valence-electron chi connectivity index (χ2n) is 7.49. The van der Waals surface area contributed by atoms with E-state index in [9.17, 15) is 0 Å². The van der Waals surface area contributed by atoms with E-state index in [0.717, 1.165) is 26.2 Å². The predicted molar refractivity (Wildman–Crippen MR) is 90.8 cm³/mol. The van der Waals surface area contributed by atoms with E-state index >= 15 is 0 Å². The Hall–Kier alpha value is -0.0800. The average Bonchev–Trinajstić information content (AvgIpc) is 2.44. The summed E-state index contributed by atoms with van der Waals surface area (Å²) in [6, 6.07) is 0. The summed E-state index contributed by atoms with van der Waals surface area (Å²) >= 11 is 0. The number of ether oxygens (including phenoxy) is 2. The van der Waals surface area contributed by atoms with Crippen molar-refractivity contribution in [2.24, 2.45) is 5.41 Å². The minimum absolute atomic E-state index is 0.423. The Labute approximate surface area is 133 Å². The molecule has 1 aliphatic rings. The summed E-state index contributed by atoms with van der Waals surface area (Å²) in [4.78, 5) is 0. The molecule has 1 rings (SSSR count). The molecule has 1 heterocycles. The molecule has 0 bridgehead atoms. The van der Waals surface area contributed by atoms with Gasteiger partial charge in [-0.3, -0.25) is 0 Å². The molecule has 0 N–H and O–H groups in total. The van der Waals surface area contributed by atoms with Gasteiger partial charge < -0.3 is 9.47 Å². The van der Waals surface area contributed by atoms with Crippen molar-refractivity contribution in [2.45, 2.75) is 97.5 Å².